The van der Waals surface area contributed by atoms with Gasteiger partial charge in [0, 0.05) is 18.2 Å². The number of sulfone groups is 1. The number of anilines is 1. The van der Waals surface area contributed by atoms with Gasteiger partial charge in [-0.05, 0) is 12.5 Å². The molecular weight excluding hydrogens is 347 g/mol. The van der Waals surface area contributed by atoms with E-state index in [1.54, 1.807) is 18.2 Å². The van der Waals surface area contributed by atoms with E-state index in [0.29, 0.717) is 17.8 Å². The lowest BCUT2D eigenvalue weighted by molar-refractivity contribution is 0.0945. The van der Waals surface area contributed by atoms with Gasteiger partial charge < -0.3 is 10.6 Å². The Bertz CT molecular complexity index is 871. The summed E-state index contributed by atoms with van der Waals surface area (Å²) in [6.07, 6.45) is 3.19. The van der Waals surface area contributed by atoms with Gasteiger partial charge in [0.15, 0.2) is 9.84 Å². The molecule has 2 heterocycles. The van der Waals surface area contributed by atoms with Crippen molar-refractivity contribution < 1.29 is 17.6 Å². The van der Waals surface area contributed by atoms with Crippen LogP contribution in [0.4, 0.5) is 10.2 Å². The summed E-state index contributed by atoms with van der Waals surface area (Å²) in [6.45, 7) is 0.0487. The van der Waals surface area contributed by atoms with Gasteiger partial charge in [-0.3, -0.25) is 4.79 Å². The number of amides is 1. The van der Waals surface area contributed by atoms with Crippen LogP contribution in [-0.2, 0) is 16.4 Å². The summed E-state index contributed by atoms with van der Waals surface area (Å²) in [7, 11) is -2.98. The second-order valence-electron chi connectivity index (χ2n) is 5.81. The van der Waals surface area contributed by atoms with Gasteiger partial charge in [0.1, 0.15) is 17.3 Å². The molecule has 1 unspecified atom stereocenters. The minimum atomic E-state index is -2.98. The van der Waals surface area contributed by atoms with Crippen LogP contribution in [0.1, 0.15) is 22.5 Å². The summed E-state index contributed by atoms with van der Waals surface area (Å²) < 4.78 is 36.4. The summed E-state index contributed by atoms with van der Waals surface area (Å²) in [4.78, 5) is 20.1. The Morgan fingerprint density at radius 3 is 2.68 bits per heavy atom. The first-order valence-corrected chi connectivity index (χ1v) is 9.56. The van der Waals surface area contributed by atoms with Crippen LogP contribution in [0.5, 0.6) is 0 Å². The van der Waals surface area contributed by atoms with Gasteiger partial charge in [0.2, 0.25) is 0 Å². The predicted octanol–water partition coefficient (Wildman–Crippen LogP) is 1.14. The maximum atomic E-state index is 13.5. The third-order valence-electron chi connectivity index (χ3n) is 3.87. The summed E-state index contributed by atoms with van der Waals surface area (Å²) in [5.74, 6) is -0.216. The normalized spacial score (nSPS) is 18.7. The van der Waals surface area contributed by atoms with Crippen LogP contribution >= 0.6 is 0 Å². The molecule has 0 radical (unpaired) electrons. The number of rotatable bonds is 5. The fraction of sp³-hybridized carbons (Fsp3) is 0.312. The molecule has 1 saturated heterocycles. The van der Waals surface area contributed by atoms with Crippen LogP contribution < -0.4 is 10.6 Å². The van der Waals surface area contributed by atoms with Crippen molar-refractivity contribution in [2.75, 3.05) is 16.8 Å². The lowest BCUT2D eigenvalue weighted by Gasteiger charge is -2.11. The predicted molar refractivity (Wildman–Crippen MR) is 90.3 cm³/mol. The van der Waals surface area contributed by atoms with E-state index in [1.807, 2.05) is 0 Å². The van der Waals surface area contributed by atoms with Gasteiger partial charge >= 0.3 is 0 Å². The van der Waals surface area contributed by atoms with E-state index >= 15 is 0 Å². The monoisotopic (exact) mass is 364 g/mol. The smallest absolute Gasteiger partial charge is 0.271 e. The Labute approximate surface area is 144 Å². The molecule has 9 heteroatoms. The largest absolute Gasteiger partial charge is 0.365 e. The van der Waals surface area contributed by atoms with E-state index in [9.17, 15) is 17.6 Å². The average Bonchev–Trinajstić information content (AvgIpc) is 2.93. The quantitative estimate of drug-likeness (QED) is 0.825. The number of hydrogen-bond acceptors (Lipinski definition) is 6. The molecule has 1 atom stereocenters. The summed E-state index contributed by atoms with van der Waals surface area (Å²) in [6, 6.07) is 5.98. The molecule has 0 aliphatic carbocycles. The first-order valence-electron chi connectivity index (χ1n) is 7.73. The fourth-order valence-corrected chi connectivity index (χ4v) is 4.22. The topological polar surface area (TPSA) is 101 Å². The number of benzene rings is 1. The molecule has 7 nitrogen and oxygen atoms in total. The van der Waals surface area contributed by atoms with Gasteiger partial charge in [-0.1, -0.05) is 18.2 Å². The highest BCUT2D eigenvalue weighted by atomic mass is 32.2. The second kappa shape index (κ2) is 7.14. The molecule has 25 heavy (non-hydrogen) atoms. The van der Waals surface area contributed by atoms with E-state index < -0.39 is 15.7 Å². The van der Waals surface area contributed by atoms with Gasteiger partial charge in [0.25, 0.3) is 5.91 Å². The van der Waals surface area contributed by atoms with Crippen molar-refractivity contribution in [2.24, 2.45) is 0 Å². The Morgan fingerprint density at radius 1 is 1.24 bits per heavy atom. The molecule has 3 rings (SSSR count). The lowest BCUT2D eigenvalue weighted by Crippen LogP contribution is -2.25. The average molecular weight is 364 g/mol. The third kappa shape index (κ3) is 4.50. The van der Waals surface area contributed by atoms with E-state index in [-0.39, 0.29) is 35.6 Å². The molecule has 0 bridgehead atoms. The number of nitrogens with zero attached hydrogens (tertiary/aromatic N) is 2. The Balaban J connectivity index is 1.56. The molecule has 2 N–H and O–H groups in total. The Morgan fingerprint density at radius 2 is 2.04 bits per heavy atom. The van der Waals surface area contributed by atoms with Crippen LogP contribution in [0.2, 0.25) is 0 Å². The summed E-state index contributed by atoms with van der Waals surface area (Å²) >= 11 is 0. The number of carbonyl (C=O) groups excluding carboxylic acids is 1. The van der Waals surface area contributed by atoms with E-state index in [1.165, 1.54) is 18.5 Å². The maximum Gasteiger partial charge on any atom is 0.271 e. The number of hydrogen-bond donors (Lipinski definition) is 2. The van der Waals surface area contributed by atoms with E-state index in [0.717, 1.165) is 0 Å². The number of aromatic nitrogens is 2. The van der Waals surface area contributed by atoms with Crippen molar-refractivity contribution in [1.82, 2.24) is 15.3 Å². The molecule has 1 aliphatic rings. The summed E-state index contributed by atoms with van der Waals surface area (Å²) in [5, 5.41) is 5.57. The molecule has 132 valence electrons. The van der Waals surface area contributed by atoms with E-state index in [2.05, 4.69) is 20.6 Å². The van der Waals surface area contributed by atoms with Crippen LogP contribution in [0, 0.1) is 5.82 Å². The zero-order chi connectivity index (χ0) is 17.9. The van der Waals surface area contributed by atoms with Gasteiger partial charge in [-0.25, -0.2) is 22.8 Å². The first-order chi connectivity index (χ1) is 11.9. The molecule has 0 saturated carbocycles. The first kappa shape index (κ1) is 17.3. The Hall–Kier alpha value is -2.55. The minimum Gasteiger partial charge on any atom is -0.365 e. The minimum absolute atomic E-state index is 0.0487. The van der Waals surface area contributed by atoms with Crippen molar-refractivity contribution in [1.29, 1.82) is 0 Å². The van der Waals surface area contributed by atoms with Crippen molar-refractivity contribution in [3.8, 4) is 0 Å². The fourth-order valence-electron chi connectivity index (χ4n) is 2.55. The van der Waals surface area contributed by atoms with Crippen molar-refractivity contribution in [3.63, 3.8) is 0 Å². The van der Waals surface area contributed by atoms with Crippen molar-refractivity contribution >= 4 is 21.6 Å². The number of carbonyl (C=O) groups is 1. The lowest BCUT2D eigenvalue weighted by atomic mass is 10.2. The van der Waals surface area contributed by atoms with Crippen molar-refractivity contribution in [3.05, 3.63) is 53.7 Å². The SMILES string of the molecule is O=C(NCc1ccccc1F)c1cnc(NC2CCS(=O)(=O)C2)cn1. The molecular formula is C16H17FN4O3S. The molecule has 1 fully saturated rings. The number of halogens is 1. The third-order valence-corrected chi connectivity index (χ3v) is 5.63. The standard InChI is InChI=1S/C16H17FN4O3S/c17-13-4-2-1-3-11(13)7-20-16(22)14-8-19-15(9-18-14)21-12-5-6-25(23,24)10-12/h1-4,8-9,12H,5-7,10H2,(H,19,21)(H,20,22). The van der Waals surface area contributed by atoms with Crippen molar-refractivity contribution in [2.45, 2.75) is 19.0 Å². The molecule has 0 spiro atoms. The highest BCUT2D eigenvalue weighted by Gasteiger charge is 2.27. The van der Waals surface area contributed by atoms with Crippen LogP contribution in [-0.4, -0.2) is 41.8 Å². The van der Waals surface area contributed by atoms with E-state index in [4.69, 9.17) is 0 Å². The summed E-state index contributed by atoms with van der Waals surface area (Å²) in [5.41, 5.74) is 0.477. The maximum absolute atomic E-state index is 13.5. The molecule has 1 amide bonds. The highest BCUT2D eigenvalue weighted by molar-refractivity contribution is 7.91. The highest BCUT2D eigenvalue weighted by Crippen LogP contribution is 2.15. The zero-order valence-corrected chi connectivity index (χ0v) is 14.1. The number of nitrogens with one attached hydrogen (secondary N) is 2. The van der Waals surface area contributed by atoms with Gasteiger partial charge in [-0.15, -0.1) is 0 Å². The molecule has 1 aromatic carbocycles. The van der Waals surface area contributed by atoms with Gasteiger partial charge in [0.05, 0.1) is 23.9 Å². The Kier molecular flexibility index (Phi) is 4.93. The van der Waals surface area contributed by atoms with Crippen LogP contribution in [0.3, 0.4) is 0 Å². The van der Waals surface area contributed by atoms with Crippen LogP contribution in [0.25, 0.3) is 0 Å². The zero-order valence-electron chi connectivity index (χ0n) is 13.3. The molecule has 1 aliphatic heterocycles. The molecule has 2 aromatic rings. The van der Waals surface area contributed by atoms with Gasteiger partial charge in [-0.2, -0.15) is 0 Å². The molecule has 1 aromatic heterocycles. The van der Waals surface area contributed by atoms with Crippen LogP contribution in [0.15, 0.2) is 36.7 Å². The second-order valence-corrected chi connectivity index (χ2v) is 8.03.